The summed E-state index contributed by atoms with van der Waals surface area (Å²) in [5.74, 6) is 1.71. The van der Waals surface area contributed by atoms with Crippen LogP contribution in [0.2, 0.25) is 0 Å². The zero-order valence-corrected chi connectivity index (χ0v) is 14.3. The first-order chi connectivity index (χ1) is 9.60. The summed E-state index contributed by atoms with van der Waals surface area (Å²) in [6.45, 7) is 2.89. The summed E-state index contributed by atoms with van der Waals surface area (Å²) in [6.07, 6.45) is 4.48. The van der Waals surface area contributed by atoms with Crippen molar-refractivity contribution in [3.05, 3.63) is 27.1 Å². The van der Waals surface area contributed by atoms with Gasteiger partial charge in [0.15, 0.2) is 0 Å². The SMILES string of the molecule is CC(CCN)CCc1nc(-c2ncc(Br)cc2Br)no1. The molecule has 0 radical (unpaired) electrons. The minimum atomic E-state index is 0.505. The molecule has 2 aromatic heterocycles. The fourth-order valence-corrected chi connectivity index (χ4v) is 3.00. The lowest BCUT2D eigenvalue weighted by Gasteiger charge is -2.06. The van der Waals surface area contributed by atoms with Crippen molar-refractivity contribution in [2.45, 2.75) is 26.2 Å². The molecule has 108 valence electrons. The summed E-state index contributed by atoms with van der Waals surface area (Å²) in [6, 6.07) is 1.90. The lowest BCUT2D eigenvalue weighted by molar-refractivity contribution is 0.362. The molecule has 0 saturated carbocycles. The van der Waals surface area contributed by atoms with Gasteiger partial charge in [-0.25, -0.2) is 0 Å². The number of nitrogens with zero attached hydrogens (tertiary/aromatic N) is 3. The molecule has 0 saturated heterocycles. The molecule has 0 bridgehead atoms. The number of nitrogens with two attached hydrogens (primary N) is 1. The lowest BCUT2D eigenvalue weighted by atomic mass is 10.0. The van der Waals surface area contributed by atoms with Gasteiger partial charge in [0, 0.05) is 21.6 Å². The molecule has 5 nitrogen and oxygen atoms in total. The molecule has 0 amide bonds. The summed E-state index contributed by atoms with van der Waals surface area (Å²) in [7, 11) is 0. The first-order valence-electron chi connectivity index (χ1n) is 6.44. The Morgan fingerprint density at radius 2 is 2.15 bits per heavy atom. The van der Waals surface area contributed by atoms with Gasteiger partial charge in [-0.2, -0.15) is 4.98 Å². The second-order valence-corrected chi connectivity index (χ2v) is 6.49. The fraction of sp³-hybridized carbons (Fsp3) is 0.462. The van der Waals surface area contributed by atoms with Crippen LogP contribution in [-0.2, 0) is 6.42 Å². The van der Waals surface area contributed by atoms with E-state index in [1.165, 1.54) is 0 Å². The second kappa shape index (κ2) is 7.28. The average molecular weight is 404 g/mol. The summed E-state index contributed by atoms with van der Waals surface area (Å²) in [5.41, 5.74) is 6.22. The smallest absolute Gasteiger partial charge is 0.227 e. The number of aromatic nitrogens is 3. The van der Waals surface area contributed by atoms with Gasteiger partial charge in [-0.15, -0.1) is 0 Å². The normalized spacial score (nSPS) is 12.6. The summed E-state index contributed by atoms with van der Waals surface area (Å²) < 4.78 is 6.99. The van der Waals surface area contributed by atoms with E-state index in [0.29, 0.717) is 29.9 Å². The molecule has 2 rings (SSSR count). The van der Waals surface area contributed by atoms with Crippen LogP contribution in [0.5, 0.6) is 0 Å². The number of hydrogen-bond acceptors (Lipinski definition) is 5. The molecule has 0 aromatic carbocycles. The van der Waals surface area contributed by atoms with Gasteiger partial charge in [0.1, 0.15) is 5.69 Å². The Labute approximate surface area is 134 Å². The molecular formula is C13H16Br2N4O. The second-order valence-electron chi connectivity index (χ2n) is 4.72. The van der Waals surface area contributed by atoms with Gasteiger partial charge in [0.05, 0.1) is 0 Å². The van der Waals surface area contributed by atoms with Gasteiger partial charge >= 0.3 is 0 Å². The lowest BCUT2D eigenvalue weighted by Crippen LogP contribution is -2.06. The number of hydrogen-bond donors (Lipinski definition) is 1. The Balaban J connectivity index is 2.05. The van der Waals surface area contributed by atoms with Crippen molar-refractivity contribution in [1.82, 2.24) is 15.1 Å². The highest BCUT2D eigenvalue weighted by Crippen LogP contribution is 2.26. The number of aryl methyl sites for hydroxylation is 1. The van der Waals surface area contributed by atoms with Crippen LogP contribution in [0.1, 0.15) is 25.7 Å². The van der Waals surface area contributed by atoms with E-state index in [1.54, 1.807) is 6.20 Å². The van der Waals surface area contributed by atoms with Crippen molar-refractivity contribution in [1.29, 1.82) is 0 Å². The van der Waals surface area contributed by atoms with Crippen LogP contribution in [0.4, 0.5) is 0 Å². The van der Waals surface area contributed by atoms with Crippen LogP contribution in [-0.4, -0.2) is 21.7 Å². The van der Waals surface area contributed by atoms with Crippen molar-refractivity contribution >= 4 is 31.9 Å². The van der Waals surface area contributed by atoms with Crippen molar-refractivity contribution in [3.63, 3.8) is 0 Å². The average Bonchev–Trinajstić information content (AvgIpc) is 2.85. The zero-order valence-electron chi connectivity index (χ0n) is 11.1. The molecular weight excluding hydrogens is 388 g/mol. The first-order valence-corrected chi connectivity index (χ1v) is 8.02. The van der Waals surface area contributed by atoms with Gasteiger partial charge < -0.3 is 10.3 Å². The molecule has 0 aliphatic heterocycles. The molecule has 1 atom stereocenters. The molecule has 2 heterocycles. The maximum Gasteiger partial charge on any atom is 0.227 e. The maximum absolute atomic E-state index is 5.54. The van der Waals surface area contributed by atoms with E-state index in [-0.39, 0.29) is 0 Å². The van der Waals surface area contributed by atoms with E-state index >= 15 is 0 Å². The summed E-state index contributed by atoms with van der Waals surface area (Å²) in [5, 5.41) is 3.98. The van der Waals surface area contributed by atoms with E-state index in [0.717, 1.165) is 28.2 Å². The molecule has 1 unspecified atom stereocenters. The van der Waals surface area contributed by atoms with Gasteiger partial charge in [-0.3, -0.25) is 4.98 Å². The maximum atomic E-state index is 5.54. The van der Waals surface area contributed by atoms with Gasteiger partial charge in [0.2, 0.25) is 11.7 Å². The number of halogens is 2. The summed E-state index contributed by atoms with van der Waals surface area (Å²) in [4.78, 5) is 8.68. The third-order valence-electron chi connectivity index (χ3n) is 3.00. The standard InChI is InChI=1S/C13H16Br2N4O/c1-8(4-5-16)2-3-11-18-13(19-20-11)12-10(15)6-9(14)7-17-12/h6-8H,2-5,16H2,1H3. The van der Waals surface area contributed by atoms with Crippen LogP contribution >= 0.6 is 31.9 Å². The third-order valence-corrected chi connectivity index (χ3v) is 4.04. The van der Waals surface area contributed by atoms with E-state index in [1.807, 2.05) is 6.07 Å². The Hall–Kier alpha value is -0.790. The van der Waals surface area contributed by atoms with E-state index in [4.69, 9.17) is 10.3 Å². The van der Waals surface area contributed by atoms with E-state index < -0.39 is 0 Å². The number of rotatable bonds is 6. The molecule has 0 spiro atoms. The third kappa shape index (κ3) is 4.10. The van der Waals surface area contributed by atoms with Crippen molar-refractivity contribution in [3.8, 4) is 11.5 Å². The fourth-order valence-electron chi connectivity index (χ4n) is 1.83. The molecule has 2 N–H and O–H groups in total. The van der Waals surface area contributed by atoms with E-state index in [9.17, 15) is 0 Å². The van der Waals surface area contributed by atoms with Crippen LogP contribution in [0, 0.1) is 5.92 Å². The molecule has 7 heteroatoms. The monoisotopic (exact) mass is 402 g/mol. The predicted molar refractivity (Wildman–Crippen MR) is 84.1 cm³/mol. The molecule has 0 aliphatic carbocycles. The number of pyridine rings is 1. The Bertz CT molecular complexity index is 573. The topological polar surface area (TPSA) is 77.8 Å². The highest BCUT2D eigenvalue weighted by molar-refractivity contribution is 9.11. The zero-order chi connectivity index (χ0) is 14.5. The van der Waals surface area contributed by atoms with Crippen molar-refractivity contribution in [2.24, 2.45) is 11.7 Å². The predicted octanol–water partition coefficient (Wildman–Crippen LogP) is 3.57. The minimum Gasteiger partial charge on any atom is -0.339 e. The van der Waals surface area contributed by atoms with Crippen LogP contribution in [0.25, 0.3) is 11.5 Å². The van der Waals surface area contributed by atoms with E-state index in [2.05, 4.69) is 53.9 Å². The Morgan fingerprint density at radius 3 is 2.85 bits per heavy atom. The van der Waals surface area contributed by atoms with Crippen LogP contribution in [0.15, 0.2) is 25.7 Å². The molecule has 0 aliphatic rings. The first kappa shape index (κ1) is 15.6. The Morgan fingerprint density at radius 1 is 1.35 bits per heavy atom. The van der Waals surface area contributed by atoms with Crippen molar-refractivity contribution in [2.75, 3.05) is 6.54 Å². The quantitative estimate of drug-likeness (QED) is 0.797. The minimum absolute atomic E-state index is 0.505. The van der Waals surface area contributed by atoms with Crippen LogP contribution in [0.3, 0.4) is 0 Å². The highest BCUT2D eigenvalue weighted by atomic mass is 79.9. The van der Waals surface area contributed by atoms with Gasteiger partial charge in [0.25, 0.3) is 0 Å². The van der Waals surface area contributed by atoms with Gasteiger partial charge in [-0.1, -0.05) is 12.1 Å². The largest absolute Gasteiger partial charge is 0.339 e. The highest BCUT2D eigenvalue weighted by Gasteiger charge is 2.14. The molecule has 20 heavy (non-hydrogen) atoms. The summed E-state index contributed by atoms with van der Waals surface area (Å²) >= 11 is 6.81. The van der Waals surface area contributed by atoms with Crippen molar-refractivity contribution < 1.29 is 4.52 Å². The Kier molecular flexibility index (Phi) is 5.68. The van der Waals surface area contributed by atoms with Gasteiger partial charge in [-0.05, 0) is 63.2 Å². The molecule has 2 aromatic rings. The van der Waals surface area contributed by atoms with Crippen LogP contribution < -0.4 is 5.73 Å². The molecule has 0 fully saturated rings.